The zero-order valence-corrected chi connectivity index (χ0v) is 10.3. The topological polar surface area (TPSA) is 35.5 Å². The highest BCUT2D eigenvalue weighted by molar-refractivity contribution is 6.31. The van der Waals surface area contributed by atoms with Gasteiger partial charge in [0, 0.05) is 10.6 Å². The molecule has 0 saturated heterocycles. The summed E-state index contributed by atoms with van der Waals surface area (Å²) < 4.78 is 10.3. The monoisotopic (exact) mass is 252 g/mol. The molecular formula is C13H13ClO3. The van der Waals surface area contributed by atoms with Crippen LogP contribution in [0.4, 0.5) is 0 Å². The number of halogens is 1. The summed E-state index contributed by atoms with van der Waals surface area (Å²) in [4.78, 5) is 12.2. The van der Waals surface area contributed by atoms with E-state index in [0.29, 0.717) is 28.5 Å². The molecule has 1 aromatic carbocycles. The quantitative estimate of drug-likeness (QED) is 0.775. The Morgan fingerprint density at radius 1 is 1.47 bits per heavy atom. The minimum Gasteiger partial charge on any atom is -0.501 e. The summed E-state index contributed by atoms with van der Waals surface area (Å²) >= 11 is 5.90. The number of carbonyl (C=O) groups excluding carboxylic acids is 1. The van der Waals surface area contributed by atoms with Gasteiger partial charge in [-0.3, -0.25) is 4.79 Å². The fourth-order valence-corrected chi connectivity index (χ4v) is 1.93. The molecule has 0 unspecified atom stereocenters. The van der Waals surface area contributed by atoms with E-state index in [4.69, 9.17) is 21.1 Å². The van der Waals surface area contributed by atoms with Gasteiger partial charge in [0.25, 0.3) is 0 Å². The number of Topliss-reactive ketones (excluding diaryl/α,β-unsaturated/α-hetero) is 1. The van der Waals surface area contributed by atoms with E-state index in [1.807, 2.05) is 0 Å². The Kier molecular flexibility index (Phi) is 3.69. The van der Waals surface area contributed by atoms with Crippen LogP contribution in [0.3, 0.4) is 0 Å². The van der Waals surface area contributed by atoms with Crippen molar-refractivity contribution in [2.24, 2.45) is 0 Å². The highest BCUT2D eigenvalue weighted by Crippen LogP contribution is 2.27. The molecule has 90 valence electrons. The minimum atomic E-state index is -0.0796. The standard InChI is InChI=1S/C13H13ClO3/c1-16-12-5-4-10(14)7-11(12)13(15)9-3-2-6-17-8-9/h4-5,7-8H,2-3,6H2,1H3. The second kappa shape index (κ2) is 5.23. The minimum absolute atomic E-state index is 0.0796. The van der Waals surface area contributed by atoms with Gasteiger partial charge in [0.15, 0.2) is 5.78 Å². The second-order valence-corrected chi connectivity index (χ2v) is 4.23. The van der Waals surface area contributed by atoms with Gasteiger partial charge in [0.05, 0.1) is 25.5 Å². The molecule has 0 spiro atoms. The van der Waals surface area contributed by atoms with E-state index in [1.165, 1.54) is 13.4 Å². The van der Waals surface area contributed by atoms with Crippen molar-refractivity contribution in [1.82, 2.24) is 0 Å². The van der Waals surface area contributed by atoms with Gasteiger partial charge in [-0.25, -0.2) is 0 Å². The van der Waals surface area contributed by atoms with E-state index < -0.39 is 0 Å². The molecule has 0 atom stereocenters. The maximum Gasteiger partial charge on any atom is 0.195 e. The Morgan fingerprint density at radius 3 is 2.94 bits per heavy atom. The SMILES string of the molecule is COc1ccc(Cl)cc1C(=O)C1=COCCC1. The summed E-state index contributed by atoms with van der Waals surface area (Å²) in [6.07, 6.45) is 3.13. The molecule has 17 heavy (non-hydrogen) atoms. The van der Waals surface area contributed by atoms with E-state index in [1.54, 1.807) is 18.2 Å². The van der Waals surface area contributed by atoms with E-state index in [0.717, 1.165) is 12.8 Å². The van der Waals surface area contributed by atoms with Gasteiger partial charge >= 0.3 is 0 Å². The number of carbonyl (C=O) groups is 1. The van der Waals surface area contributed by atoms with Crippen molar-refractivity contribution in [2.75, 3.05) is 13.7 Å². The lowest BCUT2D eigenvalue weighted by molar-refractivity contribution is 0.101. The third kappa shape index (κ3) is 2.61. The third-order valence-electron chi connectivity index (χ3n) is 2.63. The molecule has 3 nitrogen and oxygen atoms in total. The summed E-state index contributed by atoms with van der Waals surface area (Å²) in [6, 6.07) is 5.01. The summed E-state index contributed by atoms with van der Waals surface area (Å²) in [5.41, 5.74) is 1.15. The maximum absolute atomic E-state index is 12.2. The Hall–Kier alpha value is -1.48. The van der Waals surface area contributed by atoms with Crippen LogP contribution in [0, 0.1) is 0 Å². The number of hydrogen-bond donors (Lipinski definition) is 0. The number of hydrogen-bond acceptors (Lipinski definition) is 3. The molecule has 0 aliphatic carbocycles. The summed E-state index contributed by atoms with van der Waals surface area (Å²) in [5.74, 6) is 0.454. The number of rotatable bonds is 3. The number of methoxy groups -OCH3 is 1. The Bertz CT molecular complexity index is 466. The molecule has 0 fully saturated rings. The van der Waals surface area contributed by atoms with Crippen molar-refractivity contribution in [3.63, 3.8) is 0 Å². The first-order valence-electron chi connectivity index (χ1n) is 5.41. The van der Waals surface area contributed by atoms with Gasteiger partial charge in [0.2, 0.25) is 0 Å². The lowest BCUT2D eigenvalue weighted by Crippen LogP contribution is -2.10. The maximum atomic E-state index is 12.2. The van der Waals surface area contributed by atoms with Crippen LogP contribution in [0.2, 0.25) is 5.02 Å². The second-order valence-electron chi connectivity index (χ2n) is 3.79. The molecule has 0 N–H and O–H groups in total. The zero-order chi connectivity index (χ0) is 12.3. The Labute approximate surface area is 105 Å². The van der Waals surface area contributed by atoms with Gasteiger partial charge in [-0.15, -0.1) is 0 Å². The van der Waals surface area contributed by atoms with Gasteiger partial charge < -0.3 is 9.47 Å². The van der Waals surface area contributed by atoms with Crippen LogP contribution >= 0.6 is 11.6 Å². The predicted molar refractivity (Wildman–Crippen MR) is 65.6 cm³/mol. The van der Waals surface area contributed by atoms with E-state index in [9.17, 15) is 4.79 Å². The van der Waals surface area contributed by atoms with Crippen molar-refractivity contribution in [1.29, 1.82) is 0 Å². The van der Waals surface area contributed by atoms with Crippen LogP contribution < -0.4 is 4.74 Å². The predicted octanol–water partition coefficient (Wildman–Crippen LogP) is 3.23. The van der Waals surface area contributed by atoms with Crippen molar-refractivity contribution >= 4 is 17.4 Å². The Morgan fingerprint density at radius 2 is 2.29 bits per heavy atom. The number of allylic oxidation sites excluding steroid dienone is 1. The molecule has 1 aliphatic rings. The molecule has 0 radical (unpaired) electrons. The summed E-state index contributed by atoms with van der Waals surface area (Å²) in [5, 5.41) is 0.520. The van der Waals surface area contributed by atoms with Crippen molar-refractivity contribution in [2.45, 2.75) is 12.8 Å². The van der Waals surface area contributed by atoms with E-state index >= 15 is 0 Å². The van der Waals surface area contributed by atoms with Crippen LogP contribution in [0.5, 0.6) is 5.75 Å². The van der Waals surface area contributed by atoms with E-state index in [2.05, 4.69) is 0 Å². The van der Waals surface area contributed by atoms with Crippen molar-refractivity contribution < 1.29 is 14.3 Å². The number of benzene rings is 1. The summed E-state index contributed by atoms with van der Waals surface area (Å²) in [6.45, 7) is 0.670. The first-order valence-corrected chi connectivity index (χ1v) is 5.79. The molecule has 0 saturated carbocycles. The molecule has 0 aromatic heterocycles. The van der Waals surface area contributed by atoms with Gasteiger partial charge in [-0.1, -0.05) is 11.6 Å². The largest absolute Gasteiger partial charge is 0.501 e. The van der Waals surface area contributed by atoms with Crippen molar-refractivity contribution in [3.05, 3.63) is 40.6 Å². The molecule has 1 heterocycles. The smallest absolute Gasteiger partial charge is 0.195 e. The third-order valence-corrected chi connectivity index (χ3v) is 2.87. The zero-order valence-electron chi connectivity index (χ0n) is 9.53. The fourth-order valence-electron chi connectivity index (χ4n) is 1.76. The average molecular weight is 253 g/mol. The molecule has 1 aliphatic heterocycles. The average Bonchev–Trinajstić information content (AvgIpc) is 2.39. The van der Waals surface area contributed by atoms with Gasteiger partial charge in [-0.2, -0.15) is 0 Å². The molecular weight excluding hydrogens is 240 g/mol. The first kappa shape index (κ1) is 12.0. The lowest BCUT2D eigenvalue weighted by Gasteiger charge is -2.14. The number of ketones is 1. The molecule has 4 heteroatoms. The Balaban J connectivity index is 2.35. The van der Waals surface area contributed by atoms with Crippen LogP contribution in [-0.2, 0) is 4.74 Å². The fraction of sp³-hybridized carbons (Fsp3) is 0.308. The van der Waals surface area contributed by atoms with Crippen LogP contribution in [0.25, 0.3) is 0 Å². The van der Waals surface area contributed by atoms with Crippen molar-refractivity contribution in [3.8, 4) is 5.75 Å². The first-order chi connectivity index (χ1) is 8.22. The van der Waals surface area contributed by atoms with Gasteiger partial charge in [-0.05, 0) is 31.0 Å². The highest BCUT2D eigenvalue weighted by Gasteiger charge is 2.19. The number of ether oxygens (including phenoxy) is 2. The molecule has 2 rings (SSSR count). The molecule has 0 amide bonds. The van der Waals surface area contributed by atoms with Crippen LogP contribution in [0.1, 0.15) is 23.2 Å². The van der Waals surface area contributed by atoms with Crippen LogP contribution in [0.15, 0.2) is 30.0 Å². The summed E-state index contributed by atoms with van der Waals surface area (Å²) in [7, 11) is 1.53. The van der Waals surface area contributed by atoms with E-state index in [-0.39, 0.29) is 5.78 Å². The lowest BCUT2D eigenvalue weighted by atomic mass is 9.99. The normalized spacial score (nSPS) is 14.8. The van der Waals surface area contributed by atoms with Crippen LogP contribution in [-0.4, -0.2) is 19.5 Å². The van der Waals surface area contributed by atoms with Gasteiger partial charge in [0.1, 0.15) is 5.75 Å². The molecule has 1 aromatic rings. The highest BCUT2D eigenvalue weighted by atomic mass is 35.5. The molecule has 0 bridgehead atoms.